The van der Waals surface area contributed by atoms with Crippen LogP contribution >= 0.6 is 0 Å². The Balaban J connectivity index is 1.40. The van der Waals surface area contributed by atoms with Gasteiger partial charge in [-0.1, -0.05) is 60.7 Å². The lowest BCUT2D eigenvalue weighted by atomic mass is 9.96. The maximum atomic E-state index is 12.3. The van der Waals surface area contributed by atoms with Crippen LogP contribution in [0.5, 0.6) is 0 Å². The van der Waals surface area contributed by atoms with E-state index in [1.165, 1.54) is 7.11 Å². The number of nitrogens with one attached hydrogen (secondary N) is 1. The van der Waals surface area contributed by atoms with Gasteiger partial charge in [0.05, 0.1) is 6.61 Å². The number of benzene rings is 2. The predicted molar refractivity (Wildman–Crippen MR) is 105 cm³/mol. The Morgan fingerprint density at radius 1 is 1.10 bits per heavy atom. The number of hydrogen-bond acceptors (Lipinski definition) is 7. The minimum atomic E-state index is -1.08. The van der Waals surface area contributed by atoms with E-state index >= 15 is 0 Å². The molecule has 2 N–H and O–H groups in total. The van der Waals surface area contributed by atoms with Crippen LogP contribution in [0.2, 0.25) is 0 Å². The van der Waals surface area contributed by atoms with E-state index in [0.717, 1.165) is 11.1 Å². The first-order chi connectivity index (χ1) is 14.7. The van der Waals surface area contributed by atoms with Crippen LogP contribution < -0.4 is 5.32 Å². The number of ether oxygens (including phenoxy) is 5. The molecule has 0 radical (unpaired) electrons. The molecule has 30 heavy (non-hydrogen) atoms. The van der Waals surface area contributed by atoms with E-state index in [9.17, 15) is 9.90 Å². The summed E-state index contributed by atoms with van der Waals surface area (Å²) < 4.78 is 28.2. The summed E-state index contributed by atoms with van der Waals surface area (Å²) in [6.07, 6.45) is -4.48. The molecule has 0 saturated carbocycles. The van der Waals surface area contributed by atoms with E-state index in [1.54, 1.807) is 0 Å². The molecule has 6 atom stereocenters. The van der Waals surface area contributed by atoms with Gasteiger partial charge >= 0.3 is 6.09 Å². The van der Waals surface area contributed by atoms with Gasteiger partial charge in [-0.2, -0.15) is 0 Å². The normalized spacial score (nSPS) is 30.9. The van der Waals surface area contributed by atoms with Crippen molar-refractivity contribution in [2.24, 2.45) is 0 Å². The second-order valence-corrected chi connectivity index (χ2v) is 7.18. The fraction of sp³-hybridized carbons (Fsp3) is 0.409. The van der Waals surface area contributed by atoms with E-state index in [4.69, 9.17) is 23.7 Å². The number of rotatable bonds is 5. The van der Waals surface area contributed by atoms with Crippen LogP contribution in [0, 0.1) is 0 Å². The molecular weight excluding hydrogens is 390 g/mol. The predicted octanol–water partition coefficient (Wildman–Crippen LogP) is 2.13. The molecule has 0 spiro atoms. The Hall–Kier alpha value is -2.49. The molecule has 6 unspecified atom stereocenters. The number of fused-ring (bicyclic) bond motifs is 1. The second-order valence-electron chi connectivity index (χ2n) is 7.18. The molecule has 0 aromatic heterocycles. The summed E-state index contributed by atoms with van der Waals surface area (Å²) in [5.41, 5.74) is 1.69. The zero-order valence-corrected chi connectivity index (χ0v) is 16.5. The van der Waals surface area contributed by atoms with Gasteiger partial charge in [0.2, 0.25) is 0 Å². The number of hydrogen-bond donors (Lipinski definition) is 2. The highest BCUT2D eigenvalue weighted by atomic mass is 16.7. The Labute approximate surface area is 174 Å². The van der Waals surface area contributed by atoms with Crippen LogP contribution in [-0.2, 0) is 30.3 Å². The summed E-state index contributed by atoms with van der Waals surface area (Å²) in [4.78, 5) is 12.3. The summed E-state index contributed by atoms with van der Waals surface area (Å²) in [5, 5.41) is 13.6. The zero-order chi connectivity index (χ0) is 20.9. The van der Waals surface area contributed by atoms with Crippen molar-refractivity contribution >= 4 is 6.09 Å². The van der Waals surface area contributed by atoms with Crippen LogP contribution in [0.25, 0.3) is 0 Å². The highest BCUT2D eigenvalue weighted by Gasteiger charge is 2.50. The second kappa shape index (κ2) is 9.55. The summed E-state index contributed by atoms with van der Waals surface area (Å²) in [6.45, 7) is 0.340. The molecule has 8 heteroatoms. The van der Waals surface area contributed by atoms with Gasteiger partial charge in [-0.05, 0) is 5.56 Å². The SMILES string of the molecule is COC1OC2COC(c3ccccc3)OC2C(O)C1NC(=O)OCc1ccccc1. The molecule has 1 amide bonds. The van der Waals surface area contributed by atoms with Gasteiger partial charge in [-0.25, -0.2) is 4.79 Å². The molecule has 2 saturated heterocycles. The summed E-state index contributed by atoms with van der Waals surface area (Å²) in [5.74, 6) is 0. The first-order valence-corrected chi connectivity index (χ1v) is 9.81. The molecular formula is C22H25NO7. The van der Waals surface area contributed by atoms with Crippen molar-refractivity contribution in [2.75, 3.05) is 13.7 Å². The Kier molecular flexibility index (Phi) is 6.61. The highest BCUT2D eigenvalue weighted by Crippen LogP contribution is 2.34. The number of alkyl carbamates (subject to hydrolysis) is 1. The monoisotopic (exact) mass is 415 g/mol. The number of methoxy groups -OCH3 is 1. The number of aliphatic hydroxyl groups is 1. The van der Waals surface area contributed by atoms with Crippen LogP contribution in [0.3, 0.4) is 0 Å². The van der Waals surface area contributed by atoms with Crippen molar-refractivity contribution in [2.45, 2.75) is 43.5 Å². The van der Waals surface area contributed by atoms with Gasteiger partial charge in [0.1, 0.15) is 31.0 Å². The number of carbonyl (C=O) groups is 1. The molecule has 0 aliphatic carbocycles. The molecule has 4 rings (SSSR count). The van der Waals surface area contributed by atoms with Crippen molar-refractivity contribution < 1.29 is 33.6 Å². The average molecular weight is 415 g/mol. The van der Waals surface area contributed by atoms with Crippen LogP contribution in [0.15, 0.2) is 60.7 Å². The van der Waals surface area contributed by atoms with Crippen molar-refractivity contribution in [3.63, 3.8) is 0 Å². The van der Waals surface area contributed by atoms with Crippen molar-refractivity contribution in [1.29, 1.82) is 0 Å². The maximum Gasteiger partial charge on any atom is 0.407 e. The third-order valence-corrected chi connectivity index (χ3v) is 5.17. The van der Waals surface area contributed by atoms with E-state index in [-0.39, 0.29) is 13.2 Å². The largest absolute Gasteiger partial charge is 0.445 e. The van der Waals surface area contributed by atoms with Crippen LogP contribution in [0.4, 0.5) is 4.79 Å². The van der Waals surface area contributed by atoms with Crippen molar-refractivity contribution in [1.82, 2.24) is 5.32 Å². The van der Waals surface area contributed by atoms with Gasteiger partial charge in [0, 0.05) is 12.7 Å². The van der Waals surface area contributed by atoms with Gasteiger partial charge in [-0.15, -0.1) is 0 Å². The van der Waals surface area contributed by atoms with Gasteiger partial charge in [0.15, 0.2) is 12.6 Å². The minimum absolute atomic E-state index is 0.112. The number of carbonyl (C=O) groups excluding carboxylic acids is 1. The fourth-order valence-corrected chi connectivity index (χ4v) is 3.63. The molecule has 160 valence electrons. The highest BCUT2D eigenvalue weighted by molar-refractivity contribution is 5.67. The van der Waals surface area contributed by atoms with E-state index in [1.807, 2.05) is 60.7 Å². The lowest BCUT2D eigenvalue weighted by Gasteiger charge is -2.47. The van der Waals surface area contributed by atoms with E-state index < -0.39 is 43.0 Å². The summed E-state index contributed by atoms with van der Waals surface area (Å²) in [6, 6.07) is 17.9. The topological polar surface area (TPSA) is 95.5 Å². The van der Waals surface area contributed by atoms with Crippen LogP contribution in [0.1, 0.15) is 17.4 Å². The molecule has 2 heterocycles. The van der Waals surface area contributed by atoms with Gasteiger partial charge in [0.25, 0.3) is 0 Å². The summed E-state index contributed by atoms with van der Waals surface area (Å²) in [7, 11) is 1.44. The molecule has 0 bridgehead atoms. The van der Waals surface area contributed by atoms with Crippen molar-refractivity contribution in [3.8, 4) is 0 Å². The Bertz CT molecular complexity index is 819. The quantitative estimate of drug-likeness (QED) is 0.772. The third-order valence-electron chi connectivity index (χ3n) is 5.17. The average Bonchev–Trinajstić information content (AvgIpc) is 2.80. The first kappa shape index (κ1) is 20.8. The van der Waals surface area contributed by atoms with E-state index in [0.29, 0.717) is 0 Å². The number of amides is 1. The zero-order valence-electron chi connectivity index (χ0n) is 16.5. The van der Waals surface area contributed by atoms with Crippen molar-refractivity contribution in [3.05, 3.63) is 71.8 Å². The van der Waals surface area contributed by atoms with E-state index in [2.05, 4.69) is 5.32 Å². The molecule has 2 aliphatic heterocycles. The molecule has 2 aromatic rings. The first-order valence-electron chi connectivity index (χ1n) is 9.81. The van der Waals surface area contributed by atoms with Crippen LogP contribution in [-0.4, -0.2) is 55.6 Å². The fourth-order valence-electron chi connectivity index (χ4n) is 3.63. The molecule has 8 nitrogen and oxygen atoms in total. The number of aliphatic hydroxyl groups excluding tert-OH is 1. The maximum absolute atomic E-state index is 12.3. The Morgan fingerprint density at radius 2 is 1.80 bits per heavy atom. The molecule has 2 fully saturated rings. The lowest BCUT2D eigenvalue weighted by molar-refractivity contribution is -0.341. The minimum Gasteiger partial charge on any atom is -0.445 e. The smallest absolute Gasteiger partial charge is 0.407 e. The van der Waals surface area contributed by atoms with Gasteiger partial charge in [-0.3, -0.25) is 0 Å². The molecule has 2 aromatic carbocycles. The lowest BCUT2D eigenvalue weighted by Crippen LogP contribution is -2.66. The van der Waals surface area contributed by atoms with Gasteiger partial charge < -0.3 is 34.1 Å². The Morgan fingerprint density at radius 3 is 2.50 bits per heavy atom. The third kappa shape index (κ3) is 4.63. The summed E-state index contributed by atoms with van der Waals surface area (Å²) >= 11 is 0. The standard InChI is InChI=1S/C22H25NO7/c1-26-21-17(23-22(25)28-12-14-8-4-2-5-9-14)18(24)19-16(29-21)13-27-20(30-19)15-10-6-3-7-11-15/h2-11,16-21,24H,12-13H2,1H3,(H,23,25). The molecule has 2 aliphatic rings.